The fourth-order valence-corrected chi connectivity index (χ4v) is 2.10. The summed E-state index contributed by atoms with van der Waals surface area (Å²) in [7, 11) is 1.35. The number of para-hydroxylation sites is 1. The summed E-state index contributed by atoms with van der Waals surface area (Å²) < 4.78 is 4.75. The molecule has 134 valence electrons. The molecule has 0 saturated heterocycles. The van der Waals surface area contributed by atoms with Gasteiger partial charge in [-0.1, -0.05) is 24.3 Å². The lowest BCUT2D eigenvalue weighted by atomic mass is 10.2. The van der Waals surface area contributed by atoms with Crippen molar-refractivity contribution in [3.05, 3.63) is 71.6 Å². The zero-order valence-corrected chi connectivity index (χ0v) is 15.1. The highest BCUT2D eigenvalue weighted by Gasteiger charge is 2.08. The predicted molar refractivity (Wildman–Crippen MR) is 107 cm³/mol. The van der Waals surface area contributed by atoms with E-state index in [1.165, 1.54) is 7.11 Å². The highest BCUT2D eigenvalue weighted by Crippen LogP contribution is 2.17. The van der Waals surface area contributed by atoms with E-state index in [4.69, 9.17) is 4.74 Å². The average molecular weight is 350 g/mol. The highest BCUT2D eigenvalue weighted by atomic mass is 16.5. The molecule has 0 atom stereocenters. The average Bonchev–Trinajstić information content (AvgIpc) is 2.67. The molecule has 0 bridgehead atoms. The van der Waals surface area contributed by atoms with Gasteiger partial charge < -0.3 is 15.4 Å². The normalized spacial score (nSPS) is 10.7. The van der Waals surface area contributed by atoms with Gasteiger partial charge in [-0.3, -0.25) is 0 Å². The van der Waals surface area contributed by atoms with Crippen LogP contribution >= 0.6 is 0 Å². The molecule has 26 heavy (non-hydrogen) atoms. The number of ether oxygens (including phenoxy) is 1. The first-order valence-corrected chi connectivity index (χ1v) is 8.04. The molecule has 0 fully saturated rings. The van der Waals surface area contributed by atoms with Gasteiger partial charge >= 0.3 is 5.97 Å². The van der Waals surface area contributed by atoms with Crippen molar-refractivity contribution in [3.63, 3.8) is 0 Å². The Morgan fingerprint density at radius 2 is 1.69 bits per heavy atom. The van der Waals surface area contributed by atoms with E-state index in [9.17, 15) is 4.79 Å². The number of benzene rings is 2. The number of esters is 1. The predicted octanol–water partition coefficient (Wildman–Crippen LogP) is 4.31. The van der Waals surface area contributed by atoms with Crippen molar-refractivity contribution in [3.8, 4) is 0 Å². The van der Waals surface area contributed by atoms with Gasteiger partial charge in [-0.05, 0) is 56.5 Å². The molecule has 2 N–H and O–H groups in total. The number of methoxy groups -OCH3 is 1. The summed E-state index contributed by atoms with van der Waals surface area (Å²) in [5, 5.41) is 6.32. The smallest absolute Gasteiger partial charge is 0.337 e. The van der Waals surface area contributed by atoms with E-state index in [0.717, 1.165) is 16.9 Å². The maximum absolute atomic E-state index is 11.7. The van der Waals surface area contributed by atoms with Crippen molar-refractivity contribution in [2.45, 2.75) is 13.8 Å². The van der Waals surface area contributed by atoms with Crippen LogP contribution in [-0.2, 0) is 4.74 Å². The number of hydrogen-bond donors (Lipinski definition) is 2. The molecule has 0 aliphatic heterocycles. The van der Waals surface area contributed by atoms with E-state index in [0.29, 0.717) is 17.3 Å². The van der Waals surface area contributed by atoms with Gasteiger partial charge in [0.25, 0.3) is 0 Å². The third-order valence-electron chi connectivity index (χ3n) is 3.42. The molecular weight excluding hydrogens is 328 g/mol. The second kappa shape index (κ2) is 9.17. The number of nitrogens with one attached hydrogen (secondary N) is 2. The van der Waals surface area contributed by atoms with Crippen LogP contribution in [-0.4, -0.2) is 25.8 Å². The van der Waals surface area contributed by atoms with Crippen LogP contribution < -0.4 is 10.6 Å². The van der Waals surface area contributed by atoms with Crippen molar-refractivity contribution in [1.29, 1.82) is 0 Å². The lowest BCUT2D eigenvalue weighted by molar-refractivity contribution is 0.0601. The van der Waals surface area contributed by atoms with Crippen LogP contribution in [0.1, 0.15) is 24.2 Å². The van der Waals surface area contributed by atoms with Crippen LogP contribution in [0.3, 0.4) is 0 Å². The highest BCUT2D eigenvalue weighted by molar-refractivity contribution is 5.97. The standard InChI is InChI=1S/C20H22N4O2/c1-14(2)18(22-17-12-8-9-15(13-17)19(25)26-4)24-20(21-3)23-16-10-6-5-7-11-16/h5-13,22H,3H2,1-2,4H3,(H,23,24). The fourth-order valence-electron chi connectivity index (χ4n) is 2.10. The summed E-state index contributed by atoms with van der Waals surface area (Å²) in [6.45, 7) is 7.43. The fraction of sp³-hybridized carbons (Fsp3) is 0.150. The number of carbonyl (C=O) groups excluding carboxylic acids is 1. The van der Waals surface area contributed by atoms with Gasteiger partial charge in [-0.15, -0.1) is 0 Å². The Labute approximate surface area is 153 Å². The van der Waals surface area contributed by atoms with Gasteiger partial charge in [0.2, 0.25) is 5.96 Å². The molecule has 6 heteroatoms. The van der Waals surface area contributed by atoms with Crippen molar-refractivity contribution < 1.29 is 9.53 Å². The molecule has 6 nitrogen and oxygen atoms in total. The molecule has 2 aromatic rings. The topological polar surface area (TPSA) is 75.1 Å². The van der Waals surface area contributed by atoms with Crippen molar-refractivity contribution in [1.82, 2.24) is 0 Å². The van der Waals surface area contributed by atoms with Gasteiger partial charge in [-0.25, -0.2) is 9.79 Å². The summed E-state index contributed by atoms with van der Waals surface area (Å²) in [6.07, 6.45) is 0. The van der Waals surface area contributed by atoms with Crippen LogP contribution in [0.15, 0.2) is 76.0 Å². The number of allylic oxidation sites excluding steroid dienone is 1. The number of anilines is 2. The Morgan fingerprint density at radius 1 is 1.00 bits per heavy atom. The minimum Gasteiger partial charge on any atom is -0.465 e. The minimum absolute atomic E-state index is 0.365. The second-order valence-corrected chi connectivity index (χ2v) is 5.63. The molecule has 0 amide bonds. The second-order valence-electron chi connectivity index (χ2n) is 5.63. The van der Waals surface area contributed by atoms with E-state index < -0.39 is 5.97 Å². The maximum Gasteiger partial charge on any atom is 0.337 e. The van der Waals surface area contributed by atoms with Crippen molar-refractivity contribution in [2.75, 3.05) is 17.7 Å². The molecule has 0 aromatic heterocycles. The number of carbonyl (C=O) groups is 1. The maximum atomic E-state index is 11.7. The Balaban J connectivity index is 2.25. The lowest BCUT2D eigenvalue weighted by Crippen LogP contribution is -2.12. The summed E-state index contributed by atoms with van der Waals surface area (Å²) in [4.78, 5) is 20.1. The summed E-state index contributed by atoms with van der Waals surface area (Å²) in [5.74, 6) is 0.581. The molecule has 0 saturated carbocycles. The Hall–Kier alpha value is -3.41. The number of guanidine groups is 1. The number of rotatable bonds is 5. The van der Waals surface area contributed by atoms with Crippen LogP contribution in [0.4, 0.5) is 11.4 Å². The minimum atomic E-state index is -0.393. The quantitative estimate of drug-likeness (QED) is 0.479. The largest absolute Gasteiger partial charge is 0.465 e. The molecule has 0 heterocycles. The summed E-state index contributed by atoms with van der Waals surface area (Å²) in [5.41, 5.74) is 2.99. The molecule has 0 aliphatic rings. The SMILES string of the molecule is C=NC(=NC(Nc1cccc(C(=O)OC)c1)=C(C)C)Nc1ccccc1. The van der Waals surface area contributed by atoms with Crippen molar-refractivity contribution >= 4 is 30.0 Å². The Morgan fingerprint density at radius 3 is 2.31 bits per heavy atom. The van der Waals surface area contributed by atoms with E-state index >= 15 is 0 Å². The zero-order chi connectivity index (χ0) is 18.9. The van der Waals surface area contributed by atoms with Crippen LogP contribution in [0.2, 0.25) is 0 Å². The first-order valence-electron chi connectivity index (χ1n) is 8.04. The lowest BCUT2D eigenvalue weighted by Gasteiger charge is -2.12. The molecule has 0 radical (unpaired) electrons. The van der Waals surface area contributed by atoms with E-state index in [1.54, 1.807) is 18.2 Å². The molecule has 0 spiro atoms. The summed E-state index contributed by atoms with van der Waals surface area (Å²) in [6, 6.07) is 16.6. The van der Waals surface area contributed by atoms with Gasteiger partial charge in [0, 0.05) is 11.4 Å². The first kappa shape index (κ1) is 18.9. The van der Waals surface area contributed by atoms with Crippen LogP contribution in [0.25, 0.3) is 0 Å². The Bertz CT molecular complexity index is 838. The number of hydrogen-bond acceptors (Lipinski definition) is 4. The van der Waals surface area contributed by atoms with Crippen LogP contribution in [0.5, 0.6) is 0 Å². The third kappa shape index (κ3) is 5.31. The number of aliphatic imine (C=N–C) groups is 2. The molecule has 2 aromatic carbocycles. The van der Waals surface area contributed by atoms with E-state index in [1.807, 2.05) is 50.2 Å². The molecular formula is C20H22N4O2. The van der Waals surface area contributed by atoms with Gasteiger partial charge in [0.05, 0.1) is 12.7 Å². The molecule has 0 aliphatic carbocycles. The van der Waals surface area contributed by atoms with Gasteiger partial charge in [0.15, 0.2) is 0 Å². The molecule has 0 unspecified atom stereocenters. The Kier molecular flexibility index (Phi) is 6.68. The summed E-state index contributed by atoms with van der Waals surface area (Å²) >= 11 is 0. The number of nitrogens with zero attached hydrogens (tertiary/aromatic N) is 2. The first-order chi connectivity index (χ1) is 12.5. The molecule has 2 rings (SSSR count). The van der Waals surface area contributed by atoms with Gasteiger partial charge in [-0.2, -0.15) is 4.99 Å². The van der Waals surface area contributed by atoms with Crippen molar-refractivity contribution in [2.24, 2.45) is 9.98 Å². The van der Waals surface area contributed by atoms with Crippen LogP contribution in [0, 0.1) is 0 Å². The third-order valence-corrected chi connectivity index (χ3v) is 3.42. The van der Waals surface area contributed by atoms with E-state index in [-0.39, 0.29) is 0 Å². The van der Waals surface area contributed by atoms with E-state index in [2.05, 4.69) is 27.3 Å². The zero-order valence-electron chi connectivity index (χ0n) is 15.1. The monoisotopic (exact) mass is 350 g/mol. The van der Waals surface area contributed by atoms with Gasteiger partial charge in [0.1, 0.15) is 5.82 Å².